The summed E-state index contributed by atoms with van der Waals surface area (Å²) >= 11 is 6.37. The summed E-state index contributed by atoms with van der Waals surface area (Å²) in [5.41, 5.74) is 14.4. The zero-order valence-electron chi connectivity index (χ0n) is 23.9. The fraction of sp³-hybridized carbons (Fsp3) is 0.419. The Balaban J connectivity index is 1.44. The lowest BCUT2D eigenvalue weighted by atomic mass is 9.95. The molecule has 9 nitrogen and oxygen atoms in total. The van der Waals surface area contributed by atoms with Gasteiger partial charge in [-0.1, -0.05) is 36.4 Å². The molecule has 3 aromatic rings. The normalized spacial score (nSPS) is 15.3. The Morgan fingerprint density at radius 1 is 1.12 bits per heavy atom. The average molecular weight is 582 g/mol. The van der Waals surface area contributed by atoms with Crippen LogP contribution in [-0.4, -0.2) is 49.3 Å². The fourth-order valence-electron chi connectivity index (χ4n) is 4.95. The Morgan fingerprint density at radius 3 is 2.49 bits per heavy atom. The molecule has 0 fully saturated rings. The Bertz CT molecular complexity index is 1360. The summed E-state index contributed by atoms with van der Waals surface area (Å²) in [6.45, 7) is 7.53. The second kappa shape index (κ2) is 13.3. The number of primary amides is 1. The predicted octanol–water partition coefficient (Wildman–Crippen LogP) is 5.68. The number of nitrogens with one attached hydrogen (secondary N) is 2. The molecule has 1 unspecified atom stereocenters. The summed E-state index contributed by atoms with van der Waals surface area (Å²) in [6.07, 6.45) is 1.14. The highest BCUT2D eigenvalue weighted by Crippen LogP contribution is 2.46. The van der Waals surface area contributed by atoms with Crippen molar-refractivity contribution >= 4 is 45.9 Å². The van der Waals surface area contributed by atoms with E-state index in [2.05, 4.69) is 16.7 Å². The Kier molecular flexibility index (Phi) is 9.83. The number of carbonyl (C=O) groups excluding carboxylic acids is 2. The van der Waals surface area contributed by atoms with Gasteiger partial charge in [0.2, 0.25) is 0 Å². The maximum absolute atomic E-state index is 13.1. The average Bonchev–Trinajstić information content (AvgIpc) is 3.31. The van der Waals surface area contributed by atoms with Crippen LogP contribution < -0.4 is 31.7 Å². The molecule has 0 saturated heterocycles. The van der Waals surface area contributed by atoms with E-state index >= 15 is 0 Å². The van der Waals surface area contributed by atoms with Gasteiger partial charge in [-0.25, -0.2) is 9.59 Å². The second-order valence-corrected chi connectivity index (χ2v) is 11.7. The molecular formula is C31H40ClN5O4. The van der Waals surface area contributed by atoms with Crippen molar-refractivity contribution in [3.05, 3.63) is 65.7 Å². The number of benzene rings is 3. The number of ether oxygens (including phenoxy) is 2. The molecule has 0 saturated carbocycles. The van der Waals surface area contributed by atoms with Gasteiger partial charge in [-0.3, -0.25) is 4.90 Å². The van der Waals surface area contributed by atoms with E-state index in [1.165, 1.54) is 0 Å². The van der Waals surface area contributed by atoms with Gasteiger partial charge in [0, 0.05) is 54.6 Å². The number of nitrogens with zero attached hydrogens (tertiary/aromatic N) is 1. The molecule has 0 spiro atoms. The standard InChI is InChI=1S/C31H40ClN5O4/c1-31(2,3)41-30(39)37-18-21(16-32)28-25-9-5-4-8-24(25)27(15-26(28)37)40-19-20-10-12-23(13-11-20)36-17-22(33)7-6-14-35-29(34)38/h4-5,8-13,15,21-22,36H,6-7,14,16-19,33H2,1-3H3,(H3,34,35,38)/t21?,22-/m1/s1. The van der Waals surface area contributed by atoms with Crippen LogP contribution >= 0.6 is 11.6 Å². The highest BCUT2D eigenvalue weighted by atomic mass is 35.5. The molecule has 0 aromatic heterocycles. The molecule has 0 radical (unpaired) electrons. The van der Waals surface area contributed by atoms with Crippen LogP contribution in [0.2, 0.25) is 0 Å². The number of amides is 3. The van der Waals surface area contributed by atoms with Crippen molar-refractivity contribution in [1.82, 2.24) is 5.32 Å². The smallest absolute Gasteiger partial charge is 0.414 e. The van der Waals surface area contributed by atoms with Gasteiger partial charge in [-0.2, -0.15) is 0 Å². The summed E-state index contributed by atoms with van der Waals surface area (Å²) in [6, 6.07) is 17.4. The fourth-order valence-corrected chi connectivity index (χ4v) is 5.21. The number of carbonyl (C=O) groups is 2. The van der Waals surface area contributed by atoms with Crippen molar-refractivity contribution in [3.8, 4) is 5.75 Å². The predicted molar refractivity (Wildman–Crippen MR) is 165 cm³/mol. The summed E-state index contributed by atoms with van der Waals surface area (Å²) in [5.74, 6) is 1.09. The molecule has 220 valence electrons. The molecule has 0 aliphatic carbocycles. The van der Waals surface area contributed by atoms with Gasteiger partial charge >= 0.3 is 12.1 Å². The number of fused-ring (bicyclic) bond motifs is 3. The first-order valence-electron chi connectivity index (χ1n) is 13.9. The number of hydrogen-bond donors (Lipinski definition) is 4. The SMILES string of the molecule is CC(C)(C)OC(=O)N1CC(CCl)c2c1cc(OCc1ccc(NC[C@H](N)CCCNC(N)=O)cc1)c1ccccc21. The highest BCUT2D eigenvalue weighted by molar-refractivity contribution is 6.19. The molecule has 1 heterocycles. The van der Waals surface area contributed by atoms with E-state index in [9.17, 15) is 9.59 Å². The summed E-state index contributed by atoms with van der Waals surface area (Å²) in [4.78, 5) is 25.5. The zero-order valence-corrected chi connectivity index (χ0v) is 24.7. The van der Waals surface area contributed by atoms with Crippen LogP contribution in [0, 0.1) is 0 Å². The first kappa shape index (κ1) is 30.3. The number of nitrogens with two attached hydrogens (primary N) is 2. The third-order valence-electron chi connectivity index (χ3n) is 6.90. The minimum atomic E-state index is -0.609. The number of alkyl halides is 1. The second-order valence-electron chi connectivity index (χ2n) is 11.4. The molecule has 3 aromatic carbocycles. The van der Waals surface area contributed by atoms with Crippen LogP contribution in [0.25, 0.3) is 10.8 Å². The van der Waals surface area contributed by atoms with Crippen molar-refractivity contribution < 1.29 is 19.1 Å². The molecule has 41 heavy (non-hydrogen) atoms. The van der Waals surface area contributed by atoms with Crippen molar-refractivity contribution in [2.75, 3.05) is 35.7 Å². The molecule has 0 bridgehead atoms. The number of hydrogen-bond acceptors (Lipinski definition) is 6. The Hall–Kier alpha value is -3.69. The summed E-state index contributed by atoms with van der Waals surface area (Å²) < 4.78 is 12.0. The molecule has 2 atom stereocenters. The quantitative estimate of drug-likeness (QED) is 0.170. The summed E-state index contributed by atoms with van der Waals surface area (Å²) in [5, 5.41) is 7.92. The first-order chi connectivity index (χ1) is 19.6. The molecular weight excluding hydrogens is 542 g/mol. The largest absolute Gasteiger partial charge is 0.488 e. The van der Waals surface area contributed by atoms with E-state index in [-0.39, 0.29) is 12.0 Å². The van der Waals surface area contributed by atoms with Crippen molar-refractivity contribution in [2.45, 2.75) is 57.8 Å². The topological polar surface area (TPSA) is 132 Å². The zero-order chi connectivity index (χ0) is 29.6. The van der Waals surface area contributed by atoms with Gasteiger partial charge in [-0.05, 0) is 62.3 Å². The summed E-state index contributed by atoms with van der Waals surface area (Å²) in [7, 11) is 0. The molecule has 1 aliphatic heterocycles. The number of halogens is 1. The third-order valence-corrected chi connectivity index (χ3v) is 7.27. The van der Waals surface area contributed by atoms with Gasteiger partial charge in [0.05, 0.1) is 5.69 Å². The van der Waals surface area contributed by atoms with Crippen LogP contribution in [0.5, 0.6) is 5.75 Å². The first-order valence-corrected chi connectivity index (χ1v) is 14.5. The molecule has 10 heteroatoms. The van der Waals surface area contributed by atoms with Crippen molar-refractivity contribution in [1.29, 1.82) is 0 Å². The van der Waals surface area contributed by atoms with E-state index in [4.69, 9.17) is 32.5 Å². The van der Waals surface area contributed by atoms with Crippen LogP contribution in [0.15, 0.2) is 54.6 Å². The molecule has 6 N–H and O–H groups in total. The molecule has 4 rings (SSSR count). The number of anilines is 2. The molecule has 1 aliphatic rings. The van der Waals surface area contributed by atoms with Gasteiger partial charge in [0.25, 0.3) is 0 Å². The van der Waals surface area contributed by atoms with Gasteiger partial charge < -0.3 is 31.6 Å². The maximum atomic E-state index is 13.1. The van der Waals surface area contributed by atoms with Crippen LogP contribution in [0.4, 0.5) is 21.0 Å². The maximum Gasteiger partial charge on any atom is 0.414 e. The van der Waals surface area contributed by atoms with E-state index in [1.807, 2.05) is 69.3 Å². The van der Waals surface area contributed by atoms with E-state index in [0.717, 1.165) is 46.1 Å². The minimum Gasteiger partial charge on any atom is -0.488 e. The van der Waals surface area contributed by atoms with E-state index < -0.39 is 17.7 Å². The van der Waals surface area contributed by atoms with Crippen molar-refractivity contribution in [2.24, 2.45) is 11.5 Å². The van der Waals surface area contributed by atoms with Crippen LogP contribution in [-0.2, 0) is 11.3 Å². The molecule has 3 amide bonds. The van der Waals surface area contributed by atoms with Gasteiger partial charge in [0.1, 0.15) is 18.0 Å². The van der Waals surface area contributed by atoms with Gasteiger partial charge in [0.15, 0.2) is 0 Å². The number of rotatable bonds is 11. The highest BCUT2D eigenvalue weighted by Gasteiger charge is 2.36. The lowest BCUT2D eigenvalue weighted by molar-refractivity contribution is 0.0582. The Morgan fingerprint density at radius 2 is 1.83 bits per heavy atom. The lowest BCUT2D eigenvalue weighted by Gasteiger charge is -2.25. The van der Waals surface area contributed by atoms with Gasteiger partial charge in [-0.15, -0.1) is 11.6 Å². The van der Waals surface area contributed by atoms with E-state index in [0.29, 0.717) is 37.9 Å². The minimum absolute atomic E-state index is 0.00175. The number of urea groups is 1. The monoisotopic (exact) mass is 581 g/mol. The Labute approximate surface area is 246 Å². The van der Waals surface area contributed by atoms with Crippen molar-refractivity contribution in [3.63, 3.8) is 0 Å². The van der Waals surface area contributed by atoms with Crippen LogP contribution in [0.1, 0.15) is 50.7 Å². The lowest BCUT2D eigenvalue weighted by Crippen LogP contribution is -2.36. The third kappa shape index (κ3) is 7.95. The van der Waals surface area contributed by atoms with Crippen LogP contribution in [0.3, 0.4) is 0 Å². The van der Waals surface area contributed by atoms with E-state index in [1.54, 1.807) is 4.90 Å².